The second-order valence-electron chi connectivity index (χ2n) is 4.52. The summed E-state index contributed by atoms with van der Waals surface area (Å²) < 4.78 is 0. The molecule has 1 amide bonds. The summed E-state index contributed by atoms with van der Waals surface area (Å²) in [5.41, 5.74) is 5.76. The van der Waals surface area contributed by atoms with Crippen molar-refractivity contribution in [2.45, 2.75) is 32.2 Å². The van der Waals surface area contributed by atoms with Crippen LogP contribution in [0.15, 0.2) is 6.33 Å². The van der Waals surface area contributed by atoms with Gasteiger partial charge in [0.1, 0.15) is 6.33 Å². The van der Waals surface area contributed by atoms with Gasteiger partial charge in [0, 0.05) is 19.1 Å². The molecule has 0 bridgehead atoms. The zero-order valence-corrected chi connectivity index (χ0v) is 10.1. The molecule has 6 nitrogen and oxygen atoms in total. The van der Waals surface area contributed by atoms with Crippen LogP contribution in [0.3, 0.4) is 0 Å². The third-order valence-corrected chi connectivity index (χ3v) is 3.55. The molecule has 1 aliphatic heterocycles. The van der Waals surface area contributed by atoms with Gasteiger partial charge in [-0.2, -0.15) is 5.10 Å². The number of nitrogens with zero attached hydrogens (tertiary/aromatic N) is 3. The van der Waals surface area contributed by atoms with Crippen molar-refractivity contribution in [2.24, 2.45) is 11.7 Å². The van der Waals surface area contributed by atoms with Crippen LogP contribution >= 0.6 is 0 Å². The van der Waals surface area contributed by atoms with Gasteiger partial charge in [0.2, 0.25) is 5.82 Å². The van der Waals surface area contributed by atoms with E-state index in [0.29, 0.717) is 18.3 Å². The summed E-state index contributed by atoms with van der Waals surface area (Å²) in [6, 6.07) is 0.131. The van der Waals surface area contributed by atoms with Crippen LogP contribution < -0.4 is 5.73 Å². The molecule has 1 fully saturated rings. The lowest BCUT2D eigenvalue weighted by Gasteiger charge is -2.38. The Bertz CT molecular complexity index is 364. The average Bonchev–Trinajstić information content (AvgIpc) is 2.91. The first-order valence-corrected chi connectivity index (χ1v) is 6.12. The predicted octanol–water partition coefficient (Wildman–Crippen LogP) is 0.394. The van der Waals surface area contributed by atoms with Gasteiger partial charge in [0.15, 0.2) is 0 Å². The van der Waals surface area contributed by atoms with Gasteiger partial charge in [-0.1, -0.05) is 13.3 Å². The van der Waals surface area contributed by atoms with E-state index in [9.17, 15) is 4.79 Å². The van der Waals surface area contributed by atoms with Crippen LogP contribution in [0.5, 0.6) is 0 Å². The zero-order chi connectivity index (χ0) is 12.3. The lowest BCUT2D eigenvalue weighted by Crippen LogP contribution is -2.49. The largest absolute Gasteiger partial charge is 0.332 e. The Balaban J connectivity index is 2.07. The van der Waals surface area contributed by atoms with Gasteiger partial charge in [-0.3, -0.25) is 9.89 Å². The molecule has 1 saturated heterocycles. The van der Waals surface area contributed by atoms with Crippen molar-refractivity contribution >= 4 is 5.91 Å². The lowest BCUT2D eigenvalue weighted by molar-refractivity contribution is 0.0546. The molecule has 0 aromatic carbocycles. The van der Waals surface area contributed by atoms with E-state index in [0.717, 1.165) is 25.8 Å². The van der Waals surface area contributed by atoms with E-state index in [1.54, 1.807) is 0 Å². The smallest absolute Gasteiger partial charge is 0.291 e. The van der Waals surface area contributed by atoms with Crippen molar-refractivity contribution in [3.8, 4) is 0 Å². The normalized spacial score (nSPS) is 24.9. The summed E-state index contributed by atoms with van der Waals surface area (Å²) in [5.74, 6) is 0.897. The van der Waals surface area contributed by atoms with Crippen molar-refractivity contribution < 1.29 is 4.79 Å². The Labute approximate surface area is 101 Å². The number of piperidine rings is 1. The minimum atomic E-state index is -0.0903. The third-order valence-electron chi connectivity index (χ3n) is 3.55. The maximum absolute atomic E-state index is 12.2. The molecule has 2 unspecified atom stereocenters. The molecule has 0 aliphatic carbocycles. The van der Waals surface area contributed by atoms with Gasteiger partial charge < -0.3 is 10.6 Å². The van der Waals surface area contributed by atoms with E-state index in [1.807, 2.05) is 4.90 Å². The van der Waals surface area contributed by atoms with Crippen molar-refractivity contribution in [3.05, 3.63) is 12.2 Å². The second kappa shape index (κ2) is 5.27. The summed E-state index contributed by atoms with van der Waals surface area (Å²) in [4.78, 5) is 17.9. The highest BCUT2D eigenvalue weighted by molar-refractivity contribution is 5.90. The van der Waals surface area contributed by atoms with Crippen molar-refractivity contribution in [3.63, 3.8) is 0 Å². The molecule has 2 rings (SSSR count). The van der Waals surface area contributed by atoms with Crippen LogP contribution in [0.1, 0.15) is 36.8 Å². The molecule has 2 heterocycles. The van der Waals surface area contributed by atoms with E-state index < -0.39 is 0 Å². The van der Waals surface area contributed by atoms with E-state index in [4.69, 9.17) is 5.73 Å². The number of nitrogens with two attached hydrogens (primary N) is 1. The zero-order valence-electron chi connectivity index (χ0n) is 10.1. The molecule has 6 heteroatoms. The van der Waals surface area contributed by atoms with Crippen molar-refractivity contribution in [1.29, 1.82) is 0 Å². The quantitative estimate of drug-likeness (QED) is 0.796. The monoisotopic (exact) mass is 237 g/mol. The molecule has 0 spiro atoms. The number of aromatic amines is 1. The fourth-order valence-electron chi connectivity index (χ4n) is 2.44. The Kier molecular flexibility index (Phi) is 3.73. The first-order valence-electron chi connectivity index (χ1n) is 6.12. The second-order valence-corrected chi connectivity index (χ2v) is 4.52. The molecule has 3 N–H and O–H groups in total. The molecular formula is C11H19N5O. The number of carbonyl (C=O) groups is 1. The highest BCUT2D eigenvalue weighted by atomic mass is 16.2. The van der Waals surface area contributed by atoms with Crippen molar-refractivity contribution in [1.82, 2.24) is 20.1 Å². The number of hydrogen-bond donors (Lipinski definition) is 2. The maximum Gasteiger partial charge on any atom is 0.291 e. The molecule has 1 aliphatic rings. The van der Waals surface area contributed by atoms with Crippen LogP contribution in [0, 0.1) is 5.92 Å². The Morgan fingerprint density at radius 1 is 1.71 bits per heavy atom. The van der Waals surface area contributed by atoms with Crippen LogP contribution in [-0.2, 0) is 0 Å². The minimum Gasteiger partial charge on any atom is -0.332 e. The van der Waals surface area contributed by atoms with Gasteiger partial charge >= 0.3 is 0 Å². The molecule has 17 heavy (non-hydrogen) atoms. The van der Waals surface area contributed by atoms with Gasteiger partial charge in [-0.15, -0.1) is 0 Å². The summed E-state index contributed by atoms with van der Waals surface area (Å²) in [5, 5.41) is 6.32. The first kappa shape index (κ1) is 12.0. The predicted molar refractivity (Wildman–Crippen MR) is 63.3 cm³/mol. The van der Waals surface area contributed by atoms with E-state index in [-0.39, 0.29) is 11.9 Å². The fraction of sp³-hybridized carbons (Fsp3) is 0.727. The molecule has 2 atom stereocenters. The van der Waals surface area contributed by atoms with Gasteiger partial charge in [0.25, 0.3) is 5.91 Å². The first-order chi connectivity index (χ1) is 8.26. The van der Waals surface area contributed by atoms with Gasteiger partial charge in [0.05, 0.1) is 0 Å². The number of H-pyrrole nitrogens is 1. The molecule has 94 valence electrons. The van der Waals surface area contributed by atoms with Gasteiger partial charge in [-0.25, -0.2) is 4.98 Å². The summed E-state index contributed by atoms with van der Waals surface area (Å²) >= 11 is 0. The van der Waals surface area contributed by atoms with E-state index >= 15 is 0 Å². The van der Waals surface area contributed by atoms with Crippen LogP contribution in [-0.4, -0.2) is 45.1 Å². The van der Waals surface area contributed by atoms with E-state index in [2.05, 4.69) is 22.1 Å². The molecule has 1 aromatic heterocycles. The van der Waals surface area contributed by atoms with Crippen LogP contribution in [0.4, 0.5) is 0 Å². The Hall–Kier alpha value is -1.43. The standard InChI is InChI=1S/C11H19N5O/c1-2-8-3-4-16(9(5-8)6-12)11(17)10-13-7-14-15-10/h7-9H,2-6,12H2,1H3,(H,13,14,15). The van der Waals surface area contributed by atoms with E-state index in [1.165, 1.54) is 6.33 Å². The summed E-state index contributed by atoms with van der Waals surface area (Å²) in [6.45, 7) is 3.46. The number of nitrogens with one attached hydrogen (secondary N) is 1. The molecular weight excluding hydrogens is 218 g/mol. The highest BCUT2D eigenvalue weighted by Gasteiger charge is 2.31. The molecule has 1 aromatic rings. The van der Waals surface area contributed by atoms with Crippen molar-refractivity contribution in [2.75, 3.05) is 13.1 Å². The molecule has 0 saturated carbocycles. The lowest BCUT2D eigenvalue weighted by atomic mass is 9.89. The number of amides is 1. The number of hydrogen-bond acceptors (Lipinski definition) is 4. The molecule has 0 radical (unpaired) electrons. The average molecular weight is 237 g/mol. The fourth-order valence-corrected chi connectivity index (χ4v) is 2.44. The Morgan fingerprint density at radius 3 is 3.12 bits per heavy atom. The van der Waals surface area contributed by atoms with Crippen LogP contribution in [0.25, 0.3) is 0 Å². The minimum absolute atomic E-state index is 0.0903. The maximum atomic E-state index is 12.2. The van der Waals surface area contributed by atoms with Crippen LogP contribution in [0.2, 0.25) is 0 Å². The number of aromatic nitrogens is 3. The summed E-state index contributed by atoms with van der Waals surface area (Å²) in [7, 11) is 0. The summed E-state index contributed by atoms with van der Waals surface area (Å²) in [6.07, 6.45) is 4.55. The van der Waals surface area contributed by atoms with Gasteiger partial charge in [-0.05, 0) is 18.8 Å². The SMILES string of the molecule is CCC1CCN(C(=O)c2ncn[nH]2)C(CN)C1. The number of rotatable bonds is 3. The Morgan fingerprint density at radius 2 is 2.53 bits per heavy atom. The number of carbonyl (C=O) groups excluding carboxylic acids is 1. The number of likely N-dealkylation sites (tertiary alicyclic amines) is 1. The highest BCUT2D eigenvalue weighted by Crippen LogP contribution is 2.25. The third kappa shape index (κ3) is 2.46. The topological polar surface area (TPSA) is 87.9 Å².